The molecule has 0 aliphatic carbocycles. The minimum Gasteiger partial charge on any atom is -0.364 e. The van der Waals surface area contributed by atoms with E-state index in [0.717, 1.165) is 0 Å². The fourth-order valence-electron chi connectivity index (χ4n) is 0.718. The van der Waals surface area contributed by atoms with E-state index in [9.17, 15) is 16.8 Å². The molecule has 0 bridgehead atoms. The monoisotopic (exact) mass is 431 g/mol. The van der Waals surface area contributed by atoms with E-state index < -0.39 is 20.2 Å². The van der Waals surface area contributed by atoms with Gasteiger partial charge in [0.2, 0.25) is 0 Å². The van der Waals surface area contributed by atoms with Crippen molar-refractivity contribution in [2.75, 3.05) is 37.1 Å². The van der Waals surface area contributed by atoms with Gasteiger partial charge in [-0.3, -0.25) is 9.11 Å². The molecule has 13 heteroatoms. The second-order valence-corrected chi connectivity index (χ2v) is 11.1. The summed E-state index contributed by atoms with van der Waals surface area (Å²) in [5, 5.41) is 0. The number of rotatable bonds is 9. The van der Waals surface area contributed by atoms with Crippen LogP contribution in [0.15, 0.2) is 0 Å². The van der Waals surface area contributed by atoms with Crippen molar-refractivity contribution in [1.82, 2.24) is 4.90 Å². The van der Waals surface area contributed by atoms with Crippen LogP contribution in [0.1, 0.15) is 12.8 Å². The second kappa shape index (κ2) is 13.1. The predicted octanol–water partition coefficient (Wildman–Crippen LogP) is 1.69. The molecule has 2 N–H and O–H groups in total. The topological polar surface area (TPSA) is 112 Å². The molecule has 0 aromatic carbocycles. The van der Waals surface area contributed by atoms with E-state index in [2.05, 4.69) is 24.8 Å². The standard InChI is InChI=1S/C6H14O6S4.C3H7NS2/c7-15(8,9)5-1-3-13-14-4-2-6-16(10,11)12;1-4(2)3(5)6/h1-6H2,(H,7,8,9)(H,10,11,12);1-2H3,(H,5,6). The molecule has 0 heterocycles. The van der Waals surface area contributed by atoms with Gasteiger partial charge in [-0.15, -0.1) is 12.6 Å². The van der Waals surface area contributed by atoms with Crippen LogP contribution in [0.4, 0.5) is 0 Å². The maximum atomic E-state index is 10.3. The van der Waals surface area contributed by atoms with Crippen molar-refractivity contribution >= 4 is 71.0 Å². The molecular formula is C9H21NO6S6. The molecule has 0 aliphatic heterocycles. The van der Waals surface area contributed by atoms with Gasteiger partial charge in [-0.1, -0.05) is 33.8 Å². The number of nitrogens with zero attached hydrogens (tertiary/aromatic N) is 1. The Morgan fingerprint density at radius 2 is 1.27 bits per heavy atom. The molecule has 7 nitrogen and oxygen atoms in total. The molecule has 0 aliphatic rings. The van der Waals surface area contributed by atoms with Crippen LogP contribution in [0.3, 0.4) is 0 Å². The van der Waals surface area contributed by atoms with Crippen molar-refractivity contribution in [3.05, 3.63) is 0 Å². The molecular weight excluding hydrogens is 411 g/mol. The average Bonchev–Trinajstić information content (AvgIpc) is 2.30. The first-order chi connectivity index (χ1) is 9.85. The van der Waals surface area contributed by atoms with E-state index in [1.807, 2.05) is 14.1 Å². The fraction of sp³-hybridized carbons (Fsp3) is 0.889. The average molecular weight is 432 g/mol. The molecule has 0 atom stereocenters. The largest absolute Gasteiger partial charge is 0.364 e. The summed E-state index contributed by atoms with van der Waals surface area (Å²) in [4.78, 5) is 1.76. The third-order valence-electron chi connectivity index (χ3n) is 1.73. The lowest BCUT2D eigenvalue weighted by molar-refractivity contribution is 0.480. The van der Waals surface area contributed by atoms with Crippen LogP contribution in [-0.4, -0.2) is 72.3 Å². The lowest BCUT2D eigenvalue weighted by Gasteiger charge is -2.05. The van der Waals surface area contributed by atoms with Gasteiger partial charge in [0.15, 0.2) is 0 Å². The summed E-state index contributed by atoms with van der Waals surface area (Å²) in [6.45, 7) is 0. The highest BCUT2D eigenvalue weighted by molar-refractivity contribution is 8.76. The highest BCUT2D eigenvalue weighted by atomic mass is 33.1. The van der Waals surface area contributed by atoms with Crippen LogP contribution in [0.5, 0.6) is 0 Å². The zero-order valence-electron chi connectivity index (χ0n) is 12.2. The van der Waals surface area contributed by atoms with Crippen molar-refractivity contribution < 1.29 is 25.9 Å². The van der Waals surface area contributed by atoms with Gasteiger partial charge < -0.3 is 4.90 Å². The molecule has 0 fully saturated rings. The van der Waals surface area contributed by atoms with Crippen molar-refractivity contribution in [2.45, 2.75) is 12.8 Å². The van der Waals surface area contributed by atoms with E-state index in [1.165, 1.54) is 21.6 Å². The van der Waals surface area contributed by atoms with Gasteiger partial charge in [0, 0.05) is 25.6 Å². The summed E-state index contributed by atoms with van der Waals surface area (Å²) in [5.41, 5.74) is 0. The third-order valence-corrected chi connectivity index (χ3v) is 6.68. The van der Waals surface area contributed by atoms with Crippen LogP contribution >= 0.6 is 46.4 Å². The summed E-state index contributed by atoms with van der Waals surface area (Å²) in [6.07, 6.45) is 0.712. The first-order valence-corrected chi connectivity index (χ1v) is 12.5. The third kappa shape index (κ3) is 25.7. The first kappa shape index (κ1) is 25.0. The van der Waals surface area contributed by atoms with Crippen LogP contribution < -0.4 is 0 Å². The molecule has 0 unspecified atom stereocenters. The molecule has 0 rings (SSSR count). The molecule has 0 aromatic heterocycles. The molecule has 22 heavy (non-hydrogen) atoms. The van der Waals surface area contributed by atoms with Gasteiger partial charge in [-0.05, 0) is 12.8 Å². The van der Waals surface area contributed by atoms with Gasteiger partial charge in [0.1, 0.15) is 4.32 Å². The normalized spacial score (nSPS) is 11.5. The Labute approximate surface area is 151 Å². The molecule has 0 spiro atoms. The lowest BCUT2D eigenvalue weighted by atomic mass is 10.6. The first-order valence-electron chi connectivity index (χ1n) is 5.90. The zero-order valence-corrected chi connectivity index (χ0v) is 17.2. The van der Waals surface area contributed by atoms with Crippen molar-refractivity contribution in [3.8, 4) is 0 Å². The van der Waals surface area contributed by atoms with Crippen LogP contribution in [0, 0.1) is 0 Å². The molecule has 0 saturated heterocycles. The lowest BCUT2D eigenvalue weighted by Crippen LogP contribution is -2.12. The highest BCUT2D eigenvalue weighted by Gasteiger charge is 2.05. The summed E-state index contributed by atoms with van der Waals surface area (Å²) in [5.74, 6) is 0.615. The Balaban J connectivity index is 0. The van der Waals surface area contributed by atoms with Gasteiger partial charge >= 0.3 is 0 Å². The fourth-order valence-corrected chi connectivity index (χ4v) is 4.28. The summed E-state index contributed by atoms with van der Waals surface area (Å²) in [6, 6.07) is 0. The van der Waals surface area contributed by atoms with Gasteiger partial charge in [-0.25, -0.2) is 0 Å². The molecule has 0 amide bonds. The van der Waals surface area contributed by atoms with Crippen molar-refractivity contribution in [2.24, 2.45) is 0 Å². The van der Waals surface area contributed by atoms with Crippen LogP contribution in [0.2, 0.25) is 0 Å². The van der Waals surface area contributed by atoms with Crippen LogP contribution in [-0.2, 0) is 20.2 Å². The van der Waals surface area contributed by atoms with Crippen molar-refractivity contribution in [3.63, 3.8) is 0 Å². The zero-order chi connectivity index (χ0) is 17.8. The predicted molar refractivity (Wildman–Crippen MR) is 102 cm³/mol. The smallest absolute Gasteiger partial charge is 0.264 e. The van der Waals surface area contributed by atoms with E-state index >= 15 is 0 Å². The second-order valence-electron chi connectivity index (χ2n) is 4.10. The summed E-state index contributed by atoms with van der Waals surface area (Å²) >= 11 is 8.46. The van der Waals surface area contributed by atoms with E-state index in [1.54, 1.807) is 4.90 Å². The summed E-state index contributed by atoms with van der Waals surface area (Å²) in [7, 11) is -1.22. The van der Waals surface area contributed by atoms with Crippen molar-refractivity contribution in [1.29, 1.82) is 0 Å². The Morgan fingerprint density at radius 3 is 1.45 bits per heavy atom. The van der Waals surface area contributed by atoms with Gasteiger partial charge in [0.05, 0.1) is 11.5 Å². The van der Waals surface area contributed by atoms with Gasteiger partial charge in [-0.2, -0.15) is 16.8 Å². The molecule has 134 valence electrons. The van der Waals surface area contributed by atoms with E-state index in [-0.39, 0.29) is 11.5 Å². The number of hydrogen-bond donors (Lipinski definition) is 3. The number of thiocarbonyl (C=S) groups is 1. The molecule has 0 saturated carbocycles. The molecule has 0 aromatic rings. The maximum Gasteiger partial charge on any atom is 0.264 e. The quantitative estimate of drug-likeness (QED) is 0.164. The Morgan fingerprint density at radius 1 is 1.00 bits per heavy atom. The van der Waals surface area contributed by atoms with Gasteiger partial charge in [0.25, 0.3) is 20.2 Å². The highest BCUT2D eigenvalue weighted by Crippen LogP contribution is 2.22. The minimum absolute atomic E-state index is 0.258. The van der Waals surface area contributed by atoms with E-state index in [0.29, 0.717) is 28.7 Å². The van der Waals surface area contributed by atoms with Crippen LogP contribution in [0.25, 0.3) is 0 Å². The Kier molecular flexibility index (Phi) is 14.9. The molecule has 0 radical (unpaired) electrons. The number of hydrogen-bond acceptors (Lipinski definition) is 7. The minimum atomic E-state index is -3.88. The Hall–Kier alpha value is 0.760. The maximum absolute atomic E-state index is 10.3. The SMILES string of the molecule is CN(C)C(=S)S.O=S(=O)(O)CCCSSCCCS(=O)(=O)O. The number of thiol groups is 1. The summed E-state index contributed by atoms with van der Waals surface area (Å²) < 4.78 is 58.7. The Bertz CT molecular complexity index is 465. The van der Waals surface area contributed by atoms with E-state index in [4.69, 9.17) is 9.11 Å².